The average molecular weight is 337 g/mol. The minimum Gasteiger partial charge on any atom is -0.406 e. The lowest BCUT2D eigenvalue weighted by molar-refractivity contribution is -0.274. The molecule has 0 amide bonds. The Morgan fingerprint density at radius 3 is 2.58 bits per heavy atom. The van der Waals surface area contributed by atoms with Gasteiger partial charge in [-0.2, -0.15) is 0 Å². The van der Waals surface area contributed by atoms with E-state index in [-0.39, 0.29) is 11.7 Å². The number of hydrogen-bond acceptors (Lipinski definition) is 4. The Morgan fingerprint density at radius 1 is 1.25 bits per heavy atom. The number of hydrogen-bond donors (Lipinski definition) is 0. The van der Waals surface area contributed by atoms with Gasteiger partial charge in [0.05, 0.1) is 5.69 Å². The molecular formula is C16H14F3N3O2. The summed E-state index contributed by atoms with van der Waals surface area (Å²) in [5.74, 6) is 0.327. The highest BCUT2D eigenvalue weighted by Crippen LogP contribution is 2.28. The first kappa shape index (κ1) is 16.2. The Hall–Kier alpha value is -2.64. The number of nitrogens with zero attached hydrogens (tertiary/aromatic N) is 3. The Bertz CT molecular complexity index is 751. The van der Waals surface area contributed by atoms with Crippen LogP contribution in [0.1, 0.15) is 25.1 Å². The first-order valence-corrected chi connectivity index (χ1v) is 7.37. The van der Waals surface area contributed by atoms with Crippen molar-refractivity contribution in [2.45, 2.75) is 25.6 Å². The third-order valence-electron chi connectivity index (χ3n) is 3.76. The quantitative estimate of drug-likeness (QED) is 0.801. The van der Waals surface area contributed by atoms with E-state index in [0.717, 1.165) is 24.7 Å². The van der Waals surface area contributed by atoms with Gasteiger partial charge in [0.15, 0.2) is 5.82 Å². The van der Waals surface area contributed by atoms with E-state index in [1.807, 2.05) is 6.08 Å². The van der Waals surface area contributed by atoms with E-state index in [9.17, 15) is 18.0 Å². The number of ether oxygens (including phenoxy) is 1. The molecule has 8 heteroatoms. The molecule has 0 fully saturated rings. The fourth-order valence-corrected chi connectivity index (χ4v) is 2.52. The molecule has 0 aliphatic heterocycles. The zero-order valence-electron chi connectivity index (χ0n) is 12.5. The minimum absolute atomic E-state index is 0.0528. The molecule has 0 N–H and O–H groups in total. The second-order valence-electron chi connectivity index (χ2n) is 5.45. The summed E-state index contributed by atoms with van der Waals surface area (Å²) >= 11 is 0. The number of halogens is 3. The number of aromatic nitrogens is 3. The fraction of sp³-hybridized carbons (Fsp3) is 0.312. The molecule has 1 atom stereocenters. The van der Waals surface area contributed by atoms with Gasteiger partial charge in [-0.3, -0.25) is 0 Å². The summed E-state index contributed by atoms with van der Waals surface area (Å²) in [6, 6.07) is 5.38. The lowest BCUT2D eigenvalue weighted by atomic mass is 9.90. The number of aldehydes is 1. The van der Waals surface area contributed by atoms with Crippen LogP contribution in [0.3, 0.4) is 0 Å². The average Bonchev–Trinajstić information content (AvgIpc) is 3.04. The van der Waals surface area contributed by atoms with Crippen LogP contribution in [0.4, 0.5) is 13.2 Å². The van der Waals surface area contributed by atoms with Crippen LogP contribution < -0.4 is 4.74 Å². The van der Waals surface area contributed by atoms with Gasteiger partial charge in [-0.25, -0.2) is 9.67 Å². The van der Waals surface area contributed by atoms with Gasteiger partial charge in [0.2, 0.25) is 0 Å². The van der Waals surface area contributed by atoms with Crippen molar-refractivity contribution in [3.8, 4) is 11.4 Å². The van der Waals surface area contributed by atoms with Crippen LogP contribution in [-0.4, -0.2) is 27.4 Å². The normalized spacial score (nSPS) is 18.1. The molecule has 3 rings (SSSR count). The SMILES string of the molecule is O=CC1CC=C(c2ncn(-c3ccc(OC(F)(F)F)cc3)n2)CC1. The predicted octanol–water partition coefficient (Wildman–Crippen LogP) is 3.55. The molecule has 1 aliphatic carbocycles. The number of allylic oxidation sites excluding steroid dienone is 2. The summed E-state index contributed by atoms with van der Waals surface area (Å²) in [6.07, 6.45) is 1.89. The van der Waals surface area contributed by atoms with Gasteiger partial charge >= 0.3 is 6.36 Å². The van der Waals surface area contributed by atoms with E-state index < -0.39 is 6.36 Å². The van der Waals surface area contributed by atoms with Gasteiger partial charge in [0, 0.05) is 5.92 Å². The Balaban J connectivity index is 1.74. The second-order valence-corrected chi connectivity index (χ2v) is 5.45. The molecule has 126 valence electrons. The molecule has 24 heavy (non-hydrogen) atoms. The number of alkyl halides is 3. The minimum atomic E-state index is -4.71. The van der Waals surface area contributed by atoms with Crippen LogP contribution in [0, 0.1) is 5.92 Å². The summed E-state index contributed by atoms with van der Waals surface area (Å²) in [5.41, 5.74) is 1.55. The maximum absolute atomic E-state index is 12.1. The summed E-state index contributed by atoms with van der Waals surface area (Å²) < 4.78 is 41.8. The molecular weight excluding hydrogens is 323 g/mol. The summed E-state index contributed by atoms with van der Waals surface area (Å²) in [5, 5.41) is 4.35. The molecule has 0 saturated carbocycles. The summed E-state index contributed by atoms with van der Waals surface area (Å²) in [4.78, 5) is 15.0. The molecule has 2 aromatic rings. The van der Waals surface area contributed by atoms with E-state index in [4.69, 9.17) is 0 Å². The Labute approximate surface area is 135 Å². The van der Waals surface area contributed by atoms with Crippen molar-refractivity contribution in [1.29, 1.82) is 0 Å². The van der Waals surface area contributed by atoms with Gasteiger partial charge in [-0.15, -0.1) is 18.3 Å². The van der Waals surface area contributed by atoms with Crippen molar-refractivity contribution in [3.63, 3.8) is 0 Å². The van der Waals surface area contributed by atoms with E-state index in [0.29, 0.717) is 17.9 Å². The van der Waals surface area contributed by atoms with E-state index in [2.05, 4.69) is 14.8 Å². The Kier molecular flexibility index (Phi) is 4.37. The van der Waals surface area contributed by atoms with Crippen LogP contribution in [-0.2, 0) is 4.79 Å². The van der Waals surface area contributed by atoms with E-state index in [1.54, 1.807) is 0 Å². The Morgan fingerprint density at radius 2 is 2.00 bits per heavy atom. The zero-order valence-corrected chi connectivity index (χ0v) is 12.5. The first-order valence-electron chi connectivity index (χ1n) is 7.37. The highest BCUT2D eigenvalue weighted by Gasteiger charge is 2.31. The first-order chi connectivity index (χ1) is 11.4. The molecule has 1 heterocycles. The molecule has 0 bridgehead atoms. The van der Waals surface area contributed by atoms with Crippen molar-refractivity contribution >= 4 is 11.9 Å². The fourth-order valence-electron chi connectivity index (χ4n) is 2.52. The van der Waals surface area contributed by atoms with Crippen LogP contribution in [0.2, 0.25) is 0 Å². The van der Waals surface area contributed by atoms with E-state index >= 15 is 0 Å². The number of benzene rings is 1. The van der Waals surface area contributed by atoms with Crippen molar-refractivity contribution in [2.24, 2.45) is 5.92 Å². The van der Waals surface area contributed by atoms with Crippen molar-refractivity contribution in [2.75, 3.05) is 0 Å². The molecule has 0 saturated heterocycles. The molecule has 1 aromatic carbocycles. The van der Waals surface area contributed by atoms with Crippen molar-refractivity contribution < 1.29 is 22.7 Å². The molecule has 0 spiro atoms. The zero-order chi connectivity index (χ0) is 17.2. The van der Waals surface area contributed by atoms with Gasteiger partial charge in [0.1, 0.15) is 18.4 Å². The lowest BCUT2D eigenvalue weighted by Gasteiger charge is -2.14. The summed E-state index contributed by atoms with van der Waals surface area (Å²) in [6.45, 7) is 0. The standard InChI is InChI=1S/C16H14F3N3O2/c17-16(18,19)24-14-7-5-13(6-8-14)22-10-20-15(21-22)12-3-1-11(9-23)2-4-12/h3,5-11H,1-2,4H2. The number of carbonyl (C=O) groups excluding carboxylic acids is 1. The molecule has 1 aromatic heterocycles. The third kappa shape index (κ3) is 3.81. The lowest BCUT2D eigenvalue weighted by Crippen LogP contribution is -2.17. The van der Waals surface area contributed by atoms with Crippen LogP contribution >= 0.6 is 0 Å². The highest BCUT2D eigenvalue weighted by atomic mass is 19.4. The molecule has 5 nitrogen and oxygen atoms in total. The van der Waals surface area contributed by atoms with Crippen LogP contribution in [0.15, 0.2) is 36.7 Å². The molecule has 1 aliphatic rings. The topological polar surface area (TPSA) is 57.0 Å². The second kappa shape index (κ2) is 6.46. The summed E-state index contributed by atoms with van der Waals surface area (Å²) in [7, 11) is 0. The van der Waals surface area contributed by atoms with Gasteiger partial charge in [0.25, 0.3) is 0 Å². The third-order valence-corrected chi connectivity index (χ3v) is 3.76. The van der Waals surface area contributed by atoms with Gasteiger partial charge in [-0.05, 0) is 49.1 Å². The smallest absolute Gasteiger partial charge is 0.406 e. The molecule has 1 unspecified atom stereocenters. The van der Waals surface area contributed by atoms with E-state index in [1.165, 1.54) is 35.3 Å². The van der Waals surface area contributed by atoms with Gasteiger partial charge < -0.3 is 9.53 Å². The molecule has 0 radical (unpaired) electrons. The van der Waals surface area contributed by atoms with Crippen molar-refractivity contribution in [3.05, 3.63) is 42.5 Å². The van der Waals surface area contributed by atoms with Gasteiger partial charge in [-0.1, -0.05) is 6.08 Å². The maximum Gasteiger partial charge on any atom is 0.573 e. The largest absolute Gasteiger partial charge is 0.573 e. The monoisotopic (exact) mass is 337 g/mol. The maximum atomic E-state index is 12.1. The predicted molar refractivity (Wildman–Crippen MR) is 79.4 cm³/mol. The van der Waals surface area contributed by atoms with Crippen LogP contribution in [0.25, 0.3) is 11.3 Å². The number of rotatable bonds is 4. The van der Waals surface area contributed by atoms with Crippen LogP contribution in [0.5, 0.6) is 5.75 Å². The highest BCUT2D eigenvalue weighted by molar-refractivity contribution is 5.64. The number of carbonyl (C=O) groups is 1. The van der Waals surface area contributed by atoms with Crippen molar-refractivity contribution in [1.82, 2.24) is 14.8 Å².